The van der Waals surface area contributed by atoms with Gasteiger partial charge in [0.1, 0.15) is 5.82 Å². The predicted molar refractivity (Wildman–Crippen MR) is 219 cm³/mol. The van der Waals surface area contributed by atoms with Gasteiger partial charge in [-0.1, -0.05) is 146 Å². The molecule has 8 aromatic carbocycles. The molecule has 0 fully saturated rings. The van der Waals surface area contributed by atoms with Gasteiger partial charge in [-0.05, 0) is 80.2 Å². The standard InChI is InChI=1S/C49H32N4/c1-3-14-35-28-38(22-20-31(35)10-1)48-50-47(51-49(52-48)39-23-21-32-11-2-4-15-36(32)29-39)37-16-9-17-40(30-37)53-43-26-24-33-12-5-7-18-41(33)45(43)46-42-19-8-6-13-34(42)25-27-44(46)53/h1-28,30,39H,29H2. The molecule has 4 heteroatoms. The van der Waals surface area contributed by atoms with E-state index < -0.39 is 0 Å². The number of allylic oxidation sites excluding steroid dienone is 1. The topological polar surface area (TPSA) is 43.6 Å². The first-order valence-corrected chi connectivity index (χ1v) is 18.2. The van der Waals surface area contributed by atoms with Crippen molar-refractivity contribution < 1.29 is 0 Å². The van der Waals surface area contributed by atoms with Crippen LogP contribution in [0.3, 0.4) is 0 Å². The molecule has 1 aliphatic rings. The lowest BCUT2D eigenvalue weighted by Gasteiger charge is -2.19. The molecule has 2 aromatic heterocycles. The SMILES string of the molecule is C1=CC(c2nc(-c3cccc(-n4c5ccc6ccccc6c5c5c6ccccc6ccc54)c3)nc(-c3ccc4ccccc4c3)n2)Cc2ccccc21. The van der Waals surface area contributed by atoms with Gasteiger partial charge in [0.15, 0.2) is 11.6 Å². The van der Waals surface area contributed by atoms with Crippen LogP contribution in [0.5, 0.6) is 0 Å². The summed E-state index contributed by atoms with van der Waals surface area (Å²) in [4.78, 5) is 15.6. The second kappa shape index (κ2) is 11.8. The molecule has 0 bridgehead atoms. The molecule has 53 heavy (non-hydrogen) atoms. The first-order chi connectivity index (χ1) is 26.2. The van der Waals surface area contributed by atoms with E-state index in [1.165, 1.54) is 59.9 Å². The Kier molecular flexibility index (Phi) is 6.65. The maximum Gasteiger partial charge on any atom is 0.163 e. The molecule has 1 atom stereocenters. The molecule has 10 aromatic rings. The monoisotopic (exact) mass is 676 g/mol. The molecule has 1 unspecified atom stereocenters. The summed E-state index contributed by atoms with van der Waals surface area (Å²) in [5.41, 5.74) is 7.90. The van der Waals surface area contributed by atoms with E-state index in [0.29, 0.717) is 11.6 Å². The van der Waals surface area contributed by atoms with Crippen LogP contribution in [0, 0.1) is 0 Å². The average Bonchev–Trinajstić information content (AvgIpc) is 3.59. The Morgan fingerprint density at radius 2 is 1.08 bits per heavy atom. The zero-order chi connectivity index (χ0) is 34.9. The number of benzene rings is 8. The Morgan fingerprint density at radius 1 is 0.472 bits per heavy atom. The Morgan fingerprint density at radius 3 is 1.81 bits per heavy atom. The van der Waals surface area contributed by atoms with Crippen molar-refractivity contribution in [3.63, 3.8) is 0 Å². The van der Waals surface area contributed by atoms with E-state index in [2.05, 4.69) is 181 Å². The number of nitrogens with zero attached hydrogens (tertiary/aromatic N) is 4. The normalized spacial score (nSPS) is 14.1. The molecule has 0 radical (unpaired) electrons. The largest absolute Gasteiger partial charge is 0.309 e. The summed E-state index contributed by atoms with van der Waals surface area (Å²) in [6, 6.07) is 58.6. The van der Waals surface area contributed by atoms with E-state index in [0.717, 1.165) is 34.4 Å². The summed E-state index contributed by atoms with van der Waals surface area (Å²) < 4.78 is 2.40. The minimum Gasteiger partial charge on any atom is -0.309 e. The third kappa shape index (κ3) is 4.87. The van der Waals surface area contributed by atoms with Crippen molar-refractivity contribution in [2.45, 2.75) is 12.3 Å². The molecule has 4 nitrogen and oxygen atoms in total. The Balaban J connectivity index is 1.12. The maximum atomic E-state index is 5.23. The first kappa shape index (κ1) is 29.8. The number of aromatic nitrogens is 4. The minimum atomic E-state index is 0.0351. The number of fused-ring (bicyclic) bond motifs is 9. The molecule has 1 aliphatic carbocycles. The lowest BCUT2D eigenvalue weighted by molar-refractivity contribution is 0.748. The maximum absolute atomic E-state index is 5.23. The van der Waals surface area contributed by atoms with Gasteiger partial charge in [-0.2, -0.15) is 0 Å². The summed E-state index contributed by atoms with van der Waals surface area (Å²) in [6.45, 7) is 0. The van der Waals surface area contributed by atoms with E-state index in [1.807, 2.05) is 0 Å². The van der Waals surface area contributed by atoms with Gasteiger partial charge < -0.3 is 4.57 Å². The first-order valence-electron chi connectivity index (χ1n) is 18.2. The van der Waals surface area contributed by atoms with Gasteiger partial charge in [-0.3, -0.25) is 0 Å². The van der Waals surface area contributed by atoms with Gasteiger partial charge in [0.25, 0.3) is 0 Å². The Hall–Kier alpha value is -6.91. The predicted octanol–water partition coefficient (Wildman–Crippen LogP) is 12.1. The lowest BCUT2D eigenvalue weighted by atomic mass is 9.89. The van der Waals surface area contributed by atoms with Crippen molar-refractivity contribution in [1.29, 1.82) is 0 Å². The summed E-state index contributed by atoms with van der Waals surface area (Å²) in [6.07, 6.45) is 5.30. The van der Waals surface area contributed by atoms with E-state index in [9.17, 15) is 0 Å². The van der Waals surface area contributed by atoms with Gasteiger partial charge in [-0.15, -0.1) is 0 Å². The highest BCUT2D eigenvalue weighted by atomic mass is 15.0. The highest BCUT2D eigenvalue weighted by Gasteiger charge is 2.22. The van der Waals surface area contributed by atoms with Crippen LogP contribution in [0.4, 0.5) is 0 Å². The molecule has 248 valence electrons. The molecule has 0 aliphatic heterocycles. The summed E-state index contributed by atoms with van der Waals surface area (Å²) in [7, 11) is 0. The quantitative estimate of drug-likeness (QED) is 0.186. The van der Waals surface area contributed by atoms with E-state index in [1.54, 1.807) is 0 Å². The Bertz CT molecular complexity index is 3020. The van der Waals surface area contributed by atoms with Crippen LogP contribution in [0.1, 0.15) is 22.9 Å². The van der Waals surface area contributed by atoms with Crippen LogP contribution in [-0.4, -0.2) is 19.5 Å². The van der Waals surface area contributed by atoms with Crippen LogP contribution >= 0.6 is 0 Å². The van der Waals surface area contributed by atoms with Crippen LogP contribution in [0.2, 0.25) is 0 Å². The van der Waals surface area contributed by atoms with Crippen molar-refractivity contribution in [2.24, 2.45) is 0 Å². The minimum absolute atomic E-state index is 0.0351. The molecule has 0 spiro atoms. The molecule has 0 amide bonds. The summed E-state index contributed by atoms with van der Waals surface area (Å²) in [5.74, 6) is 2.17. The van der Waals surface area contributed by atoms with Gasteiger partial charge in [0, 0.05) is 33.5 Å². The molecule has 0 saturated heterocycles. The highest BCUT2D eigenvalue weighted by molar-refractivity contribution is 6.28. The van der Waals surface area contributed by atoms with Crippen LogP contribution < -0.4 is 0 Å². The molecule has 2 heterocycles. The number of hydrogen-bond acceptors (Lipinski definition) is 3. The fourth-order valence-corrected chi connectivity index (χ4v) is 8.34. The van der Waals surface area contributed by atoms with E-state index in [-0.39, 0.29) is 5.92 Å². The Labute approximate surface area is 306 Å². The van der Waals surface area contributed by atoms with Crippen molar-refractivity contribution in [3.8, 4) is 28.5 Å². The van der Waals surface area contributed by atoms with Crippen molar-refractivity contribution >= 4 is 60.2 Å². The van der Waals surface area contributed by atoms with Crippen molar-refractivity contribution in [1.82, 2.24) is 19.5 Å². The van der Waals surface area contributed by atoms with Gasteiger partial charge in [0.2, 0.25) is 0 Å². The van der Waals surface area contributed by atoms with Crippen molar-refractivity contribution in [3.05, 3.63) is 187 Å². The fraction of sp³-hybridized carbons (Fsp3) is 0.0408. The lowest BCUT2D eigenvalue weighted by Crippen LogP contribution is -2.12. The van der Waals surface area contributed by atoms with Crippen molar-refractivity contribution in [2.75, 3.05) is 0 Å². The number of hydrogen-bond donors (Lipinski definition) is 0. The van der Waals surface area contributed by atoms with Gasteiger partial charge in [-0.25, -0.2) is 15.0 Å². The van der Waals surface area contributed by atoms with Crippen LogP contribution in [0.25, 0.3) is 88.7 Å². The van der Waals surface area contributed by atoms with Crippen LogP contribution in [0.15, 0.2) is 170 Å². The molecule has 0 saturated carbocycles. The second-order valence-electron chi connectivity index (χ2n) is 14.0. The fourth-order valence-electron chi connectivity index (χ4n) is 8.34. The molecular formula is C49H32N4. The van der Waals surface area contributed by atoms with Gasteiger partial charge in [0.05, 0.1) is 11.0 Å². The summed E-state index contributed by atoms with van der Waals surface area (Å²) >= 11 is 0. The number of rotatable bonds is 4. The second-order valence-corrected chi connectivity index (χ2v) is 14.0. The highest BCUT2D eigenvalue weighted by Crippen LogP contribution is 2.41. The molecule has 0 N–H and O–H groups in total. The zero-order valence-electron chi connectivity index (χ0n) is 28.8. The van der Waals surface area contributed by atoms with Gasteiger partial charge >= 0.3 is 0 Å². The van der Waals surface area contributed by atoms with E-state index in [4.69, 9.17) is 15.0 Å². The molecular weight excluding hydrogens is 645 g/mol. The molecule has 11 rings (SSSR count). The zero-order valence-corrected chi connectivity index (χ0v) is 28.8. The summed E-state index contributed by atoms with van der Waals surface area (Å²) in [5, 5.41) is 9.87. The third-order valence-corrected chi connectivity index (χ3v) is 10.9. The van der Waals surface area contributed by atoms with E-state index >= 15 is 0 Å². The third-order valence-electron chi connectivity index (χ3n) is 10.9. The average molecular weight is 677 g/mol. The smallest absolute Gasteiger partial charge is 0.163 e. The van der Waals surface area contributed by atoms with Crippen LogP contribution in [-0.2, 0) is 6.42 Å².